The molecule has 3 rings (SSSR count). The van der Waals surface area contributed by atoms with Crippen molar-refractivity contribution >= 4 is 10.8 Å². The van der Waals surface area contributed by atoms with Gasteiger partial charge in [0.25, 0.3) is 0 Å². The molecule has 0 atom stereocenters. The van der Waals surface area contributed by atoms with Crippen molar-refractivity contribution in [2.75, 3.05) is 0 Å². The molecule has 0 aromatic heterocycles. The van der Waals surface area contributed by atoms with Crippen LogP contribution in [0.4, 0.5) is 26.3 Å². The molecule has 0 spiro atoms. The summed E-state index contributed by atoms with van der Waals surface area (Å²) in [5.74, 6) is -3.45. The minimum atomic E-state index is -1.67. The molecule has 3 aromatic carbocycles. The highest BCUT2D eigenvalue weighted by Crippen LogP contribution is 2.28. The van der Waals surface area contributed by atoms with Gasteiger partial charge in [-0.1, -0.05) is 31.3 Å². The summed E-state index contributed by atoms with van der Waals surface area (Å²) >= 11 is 0. The SMILES string of the molecule is CCCc1cc(F)c2c(F)c(C#Cc3cc(F)c(F)c(F)c3)c(F)cc2c1. The lowest BCUT2D eigenvalue weighted by Crippen LogP contribution is -1.97. The molecule has 0 N–H and O–H groups in total. The topological polar surface area (TPSA) is 0 Å². The predicted octanol–water partition coefficient (Wildman–Crippen LogP) is 6.03. The van der Waals surface area contributed by atoms with E-state index in [4.69, 9.17) is 0 Å². The van der Waals surface area contributed by atoms with E-state index >= 15 is 0 Å². The summed E-state index contributed by atoms with van der Waals surface area (Å²) in [6, 6.07) is 4.82. The molecule has 0 saturated heterocycles. The highest BCUT2D eigenvalue weighted by molar-refractivity contribution is 5.86. The Morgan fingerprint density at radius 1 is 0.704 bits per heavy atom. The summed E-state index contributed by atoms with van der Waals surface area (Å²) in [5.41, 5.74) is -0.448. The van der Waals surface area contributed by atoms with E-state index in [1.165, 1.54) is 12.1 Å². The molecule has 27 heavy (non-hydrogen) atoms. The van der Waals surface area contributed by atoms with Gasteiger partial charge in [0.1, 0.15) is 11.6 Å². The fourth-order valence-corrected chi connectivity index (χ4v) is 2.78. The molecule has 0 radical (unpaired) electrons. The van der Waals surface area contributed by atoms with Crippen LogP contribution in [-0.2, 0) is 6.42 Å². The van der Waals surface area contributed by atoms with Crippen molar-refractivity contribution in [1.82, 2.24) is 0 Å². The van der Waals surface area contributed by atoms with Crippen LogP contribution in [-0.4, -0.2) is 0 Å². The summed E-state index contributed by atoms with van der Waals surface area (Å²) < 4.78 is 82.6. The number of benzene rings is 3. The number of fused-ring (bicyclic) bond motifs is 1. The van der Waals surface area contributed by atoms with E-state index in [-0.39, 0.29) is 10.9 Å². The van der Waals surface area contributed by atoms with Crippen LogP contribution < -0.4 is 0 Å². The van der Waals surface area contributed by atoms with Crippen LogP contribution in [0.5, 0.6) is 0 Å². The number of rotatable bonds is 2. The minimum Gasteiger partial charge on any atom is -0.206 e. The Morgan fingerprint density at radius 3 is 2.00 bits per heavy atom. The highest BCUT2D eigenvalue weighted by atomic mass is 19.2. The Labute approximate surface area is 151 Å². The Kier molecular flexibility index (Phi) is 5.13. The van der Waals surface area contributed by atoms with Gasteiger partial charge in [0.15, 0.2) is 23.3 Å². The van der Waals surface area contributed by atoms with E-state index in [2.05, 4.69) is 11.8 Å². The Morgan fingerprint density at radius 2 is 1.37 bits per heavy atom. The summed E-state index contributed by atoms with van der Waals surface area (Å²) in [6.45, 7) is 1.89. The molecule has 0 saturated carbocycles. The lowest BCUT2D eigenvalue weighted by Gasteiger charge is -2.08. The van der Waals surface area contributed by atoms with Crippen molar-refractivity contribution in [3.8, 4) is 11.8 Å². The number of hydrogen-bond acceptors (Lipinski definition) is 0. The molecule has 138 valence electrons. The molecule has 0 nitrogen and oxygen atoms in total. The normalized spacial score (nSPS) is 10.8. The zero-order valence-corrected chi connectivity index (χ0v) is 14.1. The quantitative estimate of drug-likeness (QED) is 0.290. The van der Waals surface area contributed by atoms with Crippen molar-refractivity contribution < 1.29 is 26.3 Å². The first kappa shape index (κ1) is 18.8. The van der Waals surface area contributed by atoms with Crippen molar-refractivity contribution in [3.05, 3.63) is 81.9 Å². The number of hydrogen-bond donors (Lipinski definition) is 0. The van der Waals surface area contributed by atoms with Crippen LogP contribution in [0.2, 0.25) is 0 Å². The predicted molar refractivity (Wildman–Crippen MR) is 90.1 cm³/mol. The van der Waals surface area contributed by atoms with Crippen molar-refractivity contribution in [3.63, 3.8) is 0 Å². The number of halogens is 6. The van der Waals surface area contributed by atoms with Crippen LogP contribution in [0.15, 0.2) is 30.3 Å². The molecule has 0 unspecified atom stereocenters. The molecular weight excluding hydrogens is 366 g/mol. The molecule has 0 bridgehead atoms. The molecule has 0 heterocycles. The largest absolute Gasteiger partial charge is 0.206 e. The van der Waals surface area contributed by atoms with Gasteiger partial charge in [-0.25, -0.2) is 26.3 Å². The summed E-state index contributed by atoms with van der Waals surface area (Å²) in [4.78, 5) is 0. The van der Waals surface area contributed by atoms with E-state index in [1.54, 1.807) is 0 Å². The van der Waals surface area contributed by atoms with Crippen molar-refractivity contribution in [2.24, 2.45) is 0 Å². The molecule has 3 aromatic rings. The fourth-order valence-electron chi connectivity index (χ4n) is 2.78. The van der Waals surface area contributed by atoms with Gasteiger partial charge in [-0.3, -0.25) is 0 Å². The highest BCUT2D eigenvalue weighted by Gasteiger charge is 2.17. The standard InChI is InChI=1S/C21H12F6/c1-2-3-11-6-13-10-15(22)14(20(26)19(13)16(23)7-11)5-4-12-8-17(24)21(27)18(25)9-12/h6-10H,2-3H2,1H3. The Hall–Kier alpha value is -2.94. The minimum absolute atomic E-state index is 0.0536. The Balaban J connectivity index is 2.14. The van der Waals surface area contributed by atoms with Gasteiger partial charge >= 0.3 is 0 Å². The smallest absolute Gasteiger partial charge is 0.194 e. The second-order valence-electron chi connectivity index (χ2n) is 5.98. The van der Waals surface area contributed by atoms with Crippen LogP contribution in [0.3, 0.4) is 0 Å². The molecule has 0 aliphatic heterocycles. The number of aryl methyl sites for hydroxylation is 1. The first-order valence-electron chi connectivity index (χ1n) is 8.08. The first-order valence-corrected chi connectivity index (χ1v) is 8.08. The molecule has 0 amide bonds. The van der Waals surface area contributed by atoms with Gasteiger partial charge in [-0.2, -0.15) is 0 Å². The molecule has 0 fully saturated rings. The van der Waals surface area contributed by atoms with Gasteiger partial charge in [0, 0.05) is 5.56 Å². The molecule has 0 aliphatic rings. The summed E-state index contributed by atoms with van der Waals surface area (Å²) in [6.07, 6.45) is 1.30. The molecule has 0 aliphatic carbocycles. The van der Waals surface area contributed by atoms with E-state index < -0.39 is 45.9 Å². The van der Waals surface area contributed by atoms with E-state index in [0.717, 1.165) is 12.5 Å². The van der Waals surface area contributed by atoms with Gasteiger partial charge in [0.2, 0.25) is 0 Å². The second-order valence-corrected chi connectivity index (χ2v) is 5.98. The zero-order chi connectivity index (χ0) is 19.7. The van der Waals surface area contributed by atoms with Gasteiger partial charge in [0.05, 0.1) is 10.9 Å². The van der Waals surface area contributed by atoms with Crippen molar-refractivity contribution in [2.45, 2.75) is 19.8 Å². The molecular formula is C21H12F6. The van der Waals surface area contributed by atoms with Crippen LogP contribution >= 0.6 is 0 Å². The van der Waals surface area contributed by atoms with Crippen molar-refractivity contribution in [1.29, 1.82) is 0 Å². The average molecular weight is 378 g/mol. The van der Waals surface area contributed by atoms with E-state index in [0.29, 0.717) is 24.1 Å². The van der Waals surface area contributed by atoms with Gasteiger partial charge < -0.3 is 0 Å². The maximum Gasteiger partial charge on any atom is 0.194 e. The molecule has 6 heteroatoms. The summed E-state index contributed by atoms with van der Waals surface area (Å²) in [7, 11) is 0. The third kappa shape index (κ3) is 3.63. The monoisotopic (exact) mass is 378 g/mol. The maximum absolute atomic E-state index is 14.6. The van der Waals surface area contributed by atoms with E-state index in [1.807, 2.05) is 6.92 Å². The van der Waals surface area contributed by atoms with Crippen LogP contribution in [0, 0.1) is 46.7 Å². The van der Waals surface area contributed by atoms with E-state index in [9.17, 15) is 26.3 Å². The maximum atomic E-state index is 14.6. The summed E-state index contributed by atoms with van der Waals surface area (Å²) in [5, 5.41) is -0.366. The lowest BCUT2D eigenvalue weighted by molar-refractivity contribution is 0.446. The van der Waals surface area contributed by atoms with Gasteiger partial charge in [-0.05, 0) is 41.6 Å². The van der Waals surface area contributed by atoms with Gasteiger partial charge in [-0.15, -0.1) is 0 Å². The van der Waals surface area contributed by atoms with Crippen LogP contribution in [0.25, 0.3) is 10.8 Å². The lowest BCUT2D eigenvalue weighted by atomic mass is 10.00. The third-order valence-corrected chi connectivity index (χ3v) is 3.99. The first-order chi connectivity index (χ1) is 12.8. The second kappa shape index (κ2) is 7.36. The average Bonchev–Trinajstić information content (AvgIpc) is 2.59. The zero-order valence-electron chi connectivity index (χ0n) is 14.1. The fraction of sp³-hybridized carbons (Fsp3) is 0.143. The third-order valence-electron chi connectivity index (χ3n) is 3.99. The Bertz CT molecular complexity index is 1080. The van der Waals surface area contributed by atoms with Crippen LogP contribution in [0.1, 0.15) is 30.0 Å².